The molecule has 0 aliphatic carbocycles. The van der Waals surface area contributed by atoms with Crippen LogP contribution in [0.15, 0.2) is 60.7 Å². The van der Waals surface area contributed by atoms with Gasteiger partial charge in [-0.05, 0) is 40.6 Å². The number of hydrogen-bond donors (Lipinski definition) is 0. The van der Waals surface area contributed by atoms with Gasteiger partial charge in [0.15, 0.2) is 18.1 Å². The third-order valence-electron chi connectivity index (χ3n) is 5.66. The van der Waals surface area contributed by atoms with E-state index in [4.69, 9.17) is 14.2 Å². The highest BCUT2D eigenvalue weighted by Gasteiger charge is 2.21. The number of carbonyl (C=O) groups is 1. The quantitative estimate of drug-likeness (QED) is 0.585. The number of ether oxygens (including phenoxy) is 3. The standard InChI is InChI=1S/C25H28N2O4/c1-29-23-10-7-19(15-24(23)30-2)17-26-11-13-27(14-12-26)25(28)18-31-22-9-8-20-5-3-4-6-21(20)16-22/h3-10,15-16H,11-14,17-18H2,1-2H3. The Kier molecular flexibility index (Phi) is 6.57. The second-order valence-electron chi connectivity index (χ2n) is 7.64. The number of carbonyl (C=O) groups excluding carboxylic acids is 1. The minimum absolute atomic E-state index is 0.0268. The second-order valence-corrected chi connectivity index (χ2v) is 7.64. The maximum Gasteiger partial charge on any atom is 0.260 e. The predicted octanol–water partition coefficient (Wildman–Crippen LogP) is 3.58. The van der Waals surface area contributed by atoms with Crippen molar-refractivity contribution < 1.29 is 19.0 Å². The molecule has 1 amide bonds. The fourth-order valence-corrected chi connectivity index (χ4v) is 3.89. The van der Waals surface area contributed by atoms with E-state index in [0.717, 1.165) is 53.2 Å². The van der Waals surface area contributed by atoms with E-state index >= 15 is 0 Å². The Morgan fingerprint density at radius 3 is 2.32 bits per heavy atom. The summed E-state index contributed by atoms with van der Waals surface area (Å²) in [5, 5.41) is 2.27. The molecule has 6 nitrogen and oxygen atoms in total. The fourth-order valence-electron chi connectivity index (χ4n) is 3.89. The van der Waals surface area contributed by atoms with E-state index < -0.39 is 0 Å². The van der Waals surface area contributed by atoms with Gasteiger partial charge < -0.3 is 19.1 Å². The van der Waals surface area contributed by atoms with E-state index in [1.54, 1.807) is 14.2 Å². The minimum atomic E-state index is 0.0268. The number of hydrogen-bond acceptors (Lipinski definition) is 5. The third-order valence-corrected chi connectivity index (χ3v) is 5.66. The van der Waals surface area contributed by atoms with Crippen LogP contribution in [0.3, 0.4) is 0 Å². The highest BCUT2D eigenvalue weighted by atomic mass is 16.5. The number of fused-ring (bicyclic) bond motifs is 1. The molecule has 1 saturated heterocycles. The largest absolute Gasteiger partial charge is 0.493 e. The first-order valence-corrected chi connectivity index (χ1v) is 10.5. The summed E-state index contributed by atoms with van der Waals surface area (Å²) in [6.07, 6.45) is 0. The van der Waals surface area contributed by atoms with Crippen molar-refractivity contribution >= 4 is 16.7 Å². The Hall–Kier alpha value is -3.25. The van der Waals surface area contributed by atoms with Gasteiger partial charge in [0.1, 0.15) is 5.75 Å². The maximum atomic E-state index is 12.6. The molecule has 3 aromatic rings. The van der Waals surface area contributed by atoms with E-state index in [2.05, 4.69) is 17.0 Å². The maximum absolute atomic E-state index is 12.6. The Morgan fingerprint density at radius 1 is 0.839 bits per heavy atom. The van der Waals surface area contributed by atoms with Crippen LogP contribution in [0.1, 0.15) is 5.56 Å². The molecule has 0 unspecified atom stereocenters. The number of nitrogens with zero attached hydrogens (tertiary/aromatic N) is 2. The van der Waals surface area contributed by atoms with Crippen LogP contribution in [-0.4, -0.2) is 62.7 Å². The lowest BCUT2D eigenvalue weighted by molar-refractivity contribution is -0.135. The molecule has 1 heterocycles. The molecule has 0 atom stereocenters. The van der Waals surface area contributed by atoms with Crippen LogP contribution in [0.25, 0.3) is 10.8 Å². The topological polar surface area (TPSA) is 51.2 Å². The van der Waals surface area contributed by atoms with E-state index in [0.29, 0.717) is 13.1 Å². The Balaban J connectivity index is 1.26. The summed E-state index contributed by atoms with van der Waals surface area (Å²) in [7, 11) is 3.28. The highest BCUT2D eigenvalue weighted by Crippen LogP contribution is 2.28. The van der Waals surface area contributed by atoms with Crippen LogP contribution in [0.4, 0.5) is 0 Å². The molecule has 6 heteroatoms. The van der Waals surface area contributed by atoms with Crippen LogP contribution in [0.2, 0.25) is 0 Å². The van der Waals surface area contributed by atoms with Crippen molar-refractivity contribution in [3.8, 4) is 17.2 Å². The summed E-state index contributed by atoms with van der Waals surface area (Å²) in [5.41, 5.74) is 1.16. The fraction of sp³-hybridized carbons (Fsp3) is 0.320. The Labute approximate surface area is 182 Å². The number of piperazine rings is 1. The monoisotopic (exact) mass is 420 g/mol. The van der Waals surface area contributed by atoms with Crippen LogP contribution in [0.5, 0.6) is 17.2 Å². The Morgan fingerprint density at radius 2 is 1.58 bits per heavy atom. The van der Waals surface area contributed by atoms with E-state index in [1.165, 1.54) is 0 Å². The minimum Gasteiger partial charge on any atom is -0.493 e. The summed E-state index contributed by atoms with van der Waals surface area (Å²) >= 11 is 0. The smallest absolute Gasteiger partial charge is 0.260 e. The van der Waals surface area contributed by atoms with Crippen molar-refractivity contribution in [2.45, 2.75) is 6.54 Å². The zero-order valence-corrected chi connectivity index (χ0v) is 18.0. The second kappa shape index (κ2) is 9.71. The number of methoxy groups -OCH3 is 2. The lowest BCUT2D eigenvalue weighted by Crippen LogP contribution is -2.49. The molecule has 0 radical (unpaired) electrons. The molecule has 0 spiro atoms. The van der Waals surface area contributed by atoms with E-state index in [1.807, 2.05) is 53.4 Å². The molecule has 1 aliphatic heterocycles. The predicted molar refractivity (Wildman–Crippen MR) is 121 cm³/mol. The van der Waals surface area contributed by atoms with Crippen molar-refractivity contribution in [2.75, 3.05) is 47.0 Å². The van der Waals surface area contributed by atoms with Gasteiger partial charge in [-0.15, -0.1) is 0 Å². The zero-order chi connectivity index (χ0) is 21.6. The van der Waals surface area contributed by atoms with Crippen molar-refractivity contribution in [3.63, 3.8) is 0 Å². The summed E-state index contributed by atoms with van der Waals surface area (Å²) in [6, 6.07) is 20.0. The van der Waals surface area contributed by atoms with Gasteiger partial charge in [0.25, 0.3) is 5.91 Å². The van der Waals surface area contributed by atoms with Crippen LogP contribution < -0.4 is 14.2 Å². The first kappa shape index (κ1) is 21.0. The van der Waals surface area contributed by atoms with Crippen LogP contribution in [-0.2, 0) is 11.3 Å². The molecule has 31 heavy (non-hydrogen) atoms. The normalized spacial score (nSPS) is 14.5. The van der Waals surface area contributed by atoms with Gasteiger partial charge in [0.2, 0.25) is 0 Å². The molecule has 0 N–H and O–H groups in total. The molecule has 1 fully saturated rings. The zero-order valence-electron chi connectivity index (χ0n) is 18.0. The molecular formula is C25H28N2O4. The molecule has 162 valence electrons. The molecule has 0 bridgehead atoms. The van der Waals surface area contributed by atoms with Crippen molar-refractivity contribution in [3.05, 3.63) is 66.2 Å². The molecule has 0 saturated carbocycles. The van der Waals surface area contributed by atoms with Gasteiger partial charge in [-0.1, -0.05) is 36.4 Å². The number of rotatable bonds is 7. The van der Waals surface area contributed by atoms with Crippen molar-refractivity contribution in [2.24, 2.45) is 0 Å². The lowest BCUT2D eigenvalue weighted by atomic mass is 10.1. The molecular weight excluding hydrogens is 392 g/mol. The lowest BCUT2D eigenvalue weighted by Gasteiger charge is -2.34. The summed E-state index contributed by atoms with van der Waals surface area (Å²) < 4.78 is 16.5. The van der Waals surface area contributed by atoms with Crippen LogP contribution >= 0.6 is 0 Å². The first-order chi connectivity index (χ1) is 15.2. The molecule has 4 rings (SSSR count). The van der Waals surface area contributed by atoms with Gasteiger partial charge in [0.05, 0.1) is 14.2 Å². The van der Waals surface area contributed by atoms with Crippen LogP contribution in [0, 0.1) is 0 Å². The first-order valence-electron chi connectivity index (χ1n) is 10.5. The van der Waals surface area contributed by atoms with Gasteiger partial charge in [-0.3, -0.25) is 9.69 Å². The van der Waals surface area contributed by atoms with Gasteiger partial charge >= 0.3 is 0 Å². The molecule has 1 aliphatic rings. The molecule has 3 aromatic carbocycles. The Bertz CT molecular complexity index is 1040. The van der Waals surface area contributed by atoms with Crippen molar-refractivity contribution in [1.29, 1.82) is 0 Å². The van der Waals surface area contributed by atoms with Gasteiger partial charge in [-0.25, -0.2) is 0 Å². The molecule has 0 aromatic heterocycles. The highest BCUT2D eigenvalue weighted by molar-refractivity contribution is 5.84. The summed E-state index contributed by atoms with van der Waals surface area (Å²) in [6.45, 7) is 3.94. The van der Waals surface area contributed by atoms with E-state index in [-0.39, 0.29) is 12.5 Å². The summed E-state index contributed by atoms with van der Waals surface area (Å²) in [5.74, 6) is 2.21. The van der Waals surface area contributed by atoms with Gasteiger partial charge in [-0.2, -0.15) is 0 Å². The van der Waals surface area contributed by atoms with E-state index in [9.17, 15) is 4.79 Å². The number of benzene rings is 3. The van der Waals surface area contributed by atoms with Crippen molar-refractivity contribution in [1.82, 2.24) is 9.80 Å². The number of amides is 1. The average Bonchev–Trinajstić information content (AvgIpc) is 2.82. The SMILES string of the molecule is COc1ccc(CN2CCN(C(=O)COc3ccc4ccccc4c3)CC2)cc1OC. The summed E-state index contributed by atoms with van der Waals surface area (Å²) in [4.78, 5) is 16.8. The third kappa shape index (κ3) is 5.09. The average molecular weight is 421 g/mol. The van der Waals surface area contributed by atoms with Gasteiger partial charge in [0, 0.05) is 32.7 Å².